The lowest BCUT2D eigenvalue weighted by atomic mass is 10.1. The molecule has 1 aliphatic rings. The molecule has 6 nitrogen and oxygen atoms in total. The molecule has 1 aromatic heterocycles. The van der Waals surface area contributed by atoms with Crippen molar-refractivity contribution in [3.8, 4) is 5.75 Å². The lowest BCUT2D eigenvalue weighted by Gasteiger charge is -2.31. The number of pyridine rings is 1. The summed E-state index contributed by atoms with van der Waals surface area (Å²) >= 11 is 0. The summed E-state index contributed by atoms with van der Waals surface area (Å²) in [4.78, 5) is 11.9. The molecule has 3 rings (SSSR count). The van der Waals surface area contributed by atoms with Crippen molar-refractivity contribution in [1.29, 1.82) is 0 Å². The van der Waals surface area contributed by atoms with Crippen molar-refractivity contribution in [1.82, 2.24) is 8.87 Å². The third-order valence-corrected chi connectivity index (χ3v) is 6.94. The smallest absolute Gasteiger partial charge is 0.254 e. The minimum absolute atomic E-state index is 0.0721. The molecule has 27 heavy (non-hydrogen) atoms. The van der Waals surface area contributed by atoms with Crippen LogP contribution in [-0.4, -0.2) is 42.2 Å². The van der Waals surface area contributed by atoms with Gasteiger partial charge in [0.15, 0.2) is 0 Å². The van der Waals surface area contributed by atoms with Crippen LogP contribution in [0.5, 0.6) is 5.75 Å². The van der Waals surface area contributed by atoms with Gasteiger partial charge >= 0.3 is 0 Å². The minimum Gasteiger partial charge on any atom is -0.490 e. The predicted molar refractivity (Wildman–Crippen MR) is 106 cm³/mol. The summed E-state index contributed by atoms with van der Waals surface area (Å²) in [5.41, 5.74) is 1.75. The van der Waals surface area contributed by atoms with E-state index in [4.69, 9.17) is 4.74 Å². The van der Waals surface area contributed by atoms with Crippen LogP contribution >= 0.6 is 0 Å². The number of ether oxygens (including phenoxy) is 1. The van der Waals surface area contributed by atoms with Crippen molar-refractivity contribution >= 4 is 10.0 Å². The first-order chi connectivity index (χ1) is 12.8. The van der Waals surface area contributed by atoms with Gasteiger partial charge in [-0.3, -0.25) is 4.79 Å². The van der Waals surface area contributed by atoms with Gasteiger partial charge < -0.3 is 9.30 Å². The standard InChI is InChI=1S/C20H26N2O4S/c1-16-14-19(15-20(23)21(16)2)26-18-8-11-22(12-9-18)27(24,25)13-10-17-6-4-3-5-7-17/h3-7,14-15,18H,8-13H2,1-2H3. The van der Waals surface area contributed by atoms with Gasteiger partial charge in [0.2, 0.25) is 10.0 Å². The highest BCUT2D eigenvalue weighted by Crippen LogP contribution is 2.21. The van der Waals surface area contributed by atoms with Crippen molar-refractivity contribution in [3.05, 3.63) is 64.1 Å². The van der Waals surface area contributed by atoms with Gasteiger partial charge in [0.25, 0.3) is 5.56 Å². The molecule has 1 aromatic carbocycles. The zero-order valence-electron chi connectivity index (χ0n) is 15.8. The van der Waals surface area contributed by atoms with Crippen LogP contribution in [0.15, 0.2) is 47.3 Å². The van der Waals surface area contributed by atoms with E-state index < -0.39 is 10.0 Å². The number of rotatable bonds is 6. The van der Waals surface area contributed by atoms with Crippen molar-refractivity contribution in [3.63, 3.8) is 0 Å². The Morgan fingerprint density at radius 2 is 1.78 bits per heavy atom. The van der Waals surface area contributed by atoms with Gasteiger partial charge in [-0.15, -0.1) is 0 Å². The van der Waals surface area contributed by atoms with Gasteiger partial charge in [-0.1, -0.05) is 30.3 Å². The Labute approximate surface area is 160 Å². The Morgan fingerprint density at radius 1 is 1.11 bits per heavy atom. The van der Waals surface area contributed by atoms with Crippen molar-refractivity contribution in [2.45, 2.75) is 32.3 Å². The van der Waals surface area contributed by atoms with Crippen LogP contribution in [0.3, 0.4) is 0 Å². The Balaban J connectivity index is 1.54. The SMILES string of the molecule is Cc1cc(OC2CCN(S(=O)(=O)CCc3ccccc3)CC2)cc(=O)n1C. The number of hydrogen-bond acceptors (Lipinski definition) is 4. The minimum atomic E-state index is -3.27. The summed E-state index contributed by atoms with van der Waals surface area (Å²) in [6.45, 7) is 2.76. The van der Waals surface area contributed by atoms with Crippen LogP contribution in [0.25, 0.3) is 0 Å². The fourth-order valence-electron chi connectivity index (χ4n) is 3.25. The van der Waals surface area contributed by atoms with Crippen molar-refractivity contribution in [2.75, 3.05) is 18.8 Å². The van der Waals surface area contributed by atoms with Crippen LogP contribution in [0, 0.1) is 6.92 Å². The van der Waals surface area contributed by atoms with Gasteiger partial charge in [-0.25, -0.2) is 12.7 Å². The van der Waals surface area contributed by atoms with Gasteiger partial charge in [-0.2, -0.15) is 0 Å². The van der Waals surface area contributed by atoms with Gasteiger partial charge in [0.1, 0.15) is 11.9 Å². The van der Waals surface area contributed by atoms with Crippen LogP contribution in [-0.2, 0) is 23.5 Å². The molecule has 7 heteroatoms. The van der Waals surface area contributed by atoms with E-state index in [1.807, 2.05) is 43.3 Å². The Kier molecular flexibility index (Phi) is 6.01. The largest absolute Gasteiger partial charge is 0.490 e. The zero-order valence-corrected chi connectivity index (χ0v) is 16.6. The van der Waals surface area contributed by atoms with Crippen LogP contribution in [0.1, 0.15) is 24.1 Å². The number of aromatic nitrogens is 1. The lowest BCUT2D eigenvalue weighted by molar-refractivity contribution is 0.134. The van der Waals surface area contributed by atoms with E-state index in [1.165, 1.54) is 6.07 Å². The second-order valence-electron chi connectivity index (χ2n) is 7.00. The lowest BCUT2D eigenvalue weighted by Crippen LogP contribution is -2.43. The van der Waals surface area contributed by atoms with E-state index in [9.17, 15) is 13.2 Å². The summed E-state index contributed by atoms with van der Waals surface area (Å²) < 4.78 is 34.2. The van der Waals surface area contributed by atoms with Gasteiger partial charge in [-0.05, 0) is 37.8 Å². The topological polar surface area (TPSA) is 68.6 Å². The molecule has 146 valence electrons. The molecule has 2 aromatic rings. The summed E-state index contributed by atoms with van der Waals surface area (Å²) in [6, 6.07) is 13.0. The van der Waals surface area contributed by atoms with E-state index in [0.29, 0.717) is 38.1 Å². The second-order valence-corrected chi connectivity index (χ2v) is 9.09. The summed E-state index contributed by atoms with van der Waals surface area (Å²) in [6.07, 6.45) is 1.70. The molecule has 2 heterocycles. The molecule has 0 saturated carbocycles. The van der Waals surface area contributed by atoms with Crippen LogP contribution < -0.4 is 10.3 Å². The Hall–Kier alpha value is -2.12. The third kappa shape index (κ3) is 4.99. The molecule has 1 fully saturated rings. The number of benzene rings is 1. The maximum absolute atomic E-state index is 12.6. The Morgan fingerprint density at radius 3 is 2.41 bits per heavy atom. The average molecular weight is 391 g/mol. The van der Waals surface area contributed by atoms with E-state index >= 15 is 0 Å². The molecular weight excluding hydrogens is 364 g/mol. The maximum atomic E-state index is 12.6. The first-order valence-electron chi connectivity index (χ1n) is 9.21. The highest BCUT2D eigenvalue weighted by Gasteiger charge is 2.28. The monoisotopic (exact) mass is 390 g/mol. The molecule has 0 aliphatic carbocycles. The fourth-order valence-corrected chi connectivity index (χ4v) is 4.76. The Bertz CT molecular complexity index is 930. The maximum Gasteiger partial charge on any atom is 0.254 e. The molecule has 0 atom stereocenters. The molecule has 0 amide bonds. The van der Waals surface area contributed by atoms with Crippen molar-refractivity contribution in [2.24, 2.45) is 7.05 Å². The quantitative estimate of drug-likeness (QED) is 0.758. The van der Waals surface area contributed by atoms with E-state index in [1.54, 1.807) is 15.9 Å². The number of nitrogens with zero attached hydrogens (tertiary/aromatic N) is 2. The highest BCUT2D eigenvalue weighted by molar-refractivity contribution is 7.89. The summed E-state index contributed by atoms with van der Waals surface area (Å²) in [5.74, 6) is 0.678. The third-order valence-electron chi connectivity index (χ3n) is 5.07. The second kappa shape index (κ2) is 8.27. The normalized spacial score (nSPS) is 16.4. The molecular formula is C20H26N2O4S. The molecule has 0 bridgehead atoms. The first-order valence-corrected chi connectivity index (χ1v) is 10.8. The fraction of sp³-hybridized carbons (Fsp3) is 0.450. The van der Waals surface area contributed by atoms with Crippen molar-refractivity contribution < 1.29 is 13.2 Å². The summed E-state index contributed by atoms with van der Waals surface area (Å²) in [7, 11) is -1.55. The predicted octanol–water partition coefficient (Wildman–Crippen LogP) is 2.11. The van der Waals surface area contributed by atoms with Gasteiger partial charge in [0, 0.05) is 31.9 Å². The molecule has 0 unspecified atom stereocenters. The van der Waals surface area contributed by atoms with E-state index in [-0.39, 0.29) is 17.4 Å². The van der Waals surface area contributed by atoms with Crippen LogP contribution in [0.4, 0.5) is 0 Å². The molecule has 0 N–H and O–H groups in total. The van der Waals surface area contributed by atoms with E-state index in [2.05, 4.69) is 0 Å². The number of piperidine rings is 1. The number of hydrogen-bond donors (Lipinski definition) is 0. The zero-order chi connectivity index (χ0) is 19.4. The molecule has 1 saturated heterocycles. The summed E-state index contributed by atoms with van der Waals surface area (Å²) in [5, 5.41) is 0. The van der Waals surface area contributed by atoms with Gasteiger partial charge in [0.05, 0.1) is 5.75 Å². The highest BCUT2D eigenvalue weighted by atomic mass is 32.2. The number of sulfonamides is 1. The average Bonchev–Trinajstić information content (AvgIpc) is 2.66. The molecule has 1 aliphatic heterocycles. The first kappa shape index (κ1) is 19.6. The van der Waals surface area contributed by atoms with E-state index in [0.717, 1.165) is 11.3 Å². The number of aryl methyl sites for hydroxylation is 2. The molecule has 0 radical (unpaired) electrons. The van der Waals surface area contributed by atoms with Crippen LogP contribution in [0.2, 0.25) is 0 Å². The molecule has 0 spiro atoms.